The van der Waals surface area contributed by atoms with Crippen LogP contribution in [-0.2, 0) is 13.5 Å². The lowest BCUT2D eigenvalue weighted by Gasteiger charge is -2.19. The molecule has 0 radical (unpaired) electrons. The number of aryl methyl sites for hydroxylation is 2. The van der Waals surface area contributed by atoms with Crippen molar-refractivity contribution >= 4 is 15.9 Å². The van der Waals surface area contributed by atoms with Gasteiger partial charge in [-0.2, -0.15) is 0 Å². The molecule has 0 aromatic carbocycles. The molecule has 2 unspecified atom stereocenters. The monoisotopic (exact) mass is 284 g/mol. The average molecular weight is 285 g/mol. The molecule has 1 aromatic heterocycles. The average Bonchev–Trinajstić information content (AvgIpc) is 2.56. The van der Waals surface area contributed by atoms with Gasteiger partial charge in [0.2, 0.25) is 0 Å². The molecular weight excluding hydrogens is 264 g/mol. The summed E-state index contributed by atoms with van der Waals surface area (Å²) in [6.45, 7) is 0. The Balaban J connectivity index is 1.86. The molecule has 0 spiro atoms. The summed E-state index contributed by atoms with van der Waals surface area (Å²) in [7, 11) is 2.08. The second-order valence-corrected chi connectivity index (χ2v) is 6.08. The van der Waals surface area contributed by atoms with E-state index in [1.54, 1.807) is 0 Å². The molecular formula is C13H21BrN2. The van der Waals surface area contributed by atoms with Crippen LogP contribution in [0.4, 0.5) is 0 Å². The van der Waals surface area contributed by atoms with Crippen LogP contribution in [0.2, 0.25) is 0 Å². The summed E-state index contributed by atoms with van der Waals surface area (Å²) in [5, 5.41) is 0. The Labute approximate surface area is 107 Å². The summed E-state index contributed by atoms with van der Waals surface area (Å²) in [5.41, 5.74) is 0. The van der Waals surface area contributed by atoms with E-state index in [2.05, 4.69) is 32.5 Å². The number of imidazole rings is 1. The fraction of sp³-hybridized carbons (Fsp3) is 0.769. The maximum absolute atomic E-state index is 4.40. The molecule has 0 amide bonds. The zero-order chi connectivity index (χ0) is 11.4. The topological polar surface area (TPSA) is 17.8 Å². The summed E-state index contributed by atoms with van der Waals surface area (Å²) in [5.74, 6) is 2.07. The maximum Gasteiger partial charge on any atom is 0.108 e. The molecule has 3 heteroatoms. The molecule has 2 nitrogen and oxygen atoms in total. The zero-order valence-corrected chi connectivity index (χ0v) is 11.6. The summed E-state index contributed by atoms with van der Waals surface area (Å²) < 4.78 is 2.14. The van der Waals surface area contributed by atoms with Gasteiger partial charge in [-0.3, -0.25) is 0 Å². The minimum atomic E-state index is 0.732. The zero-order valence-electron chi connectivity index (χ0n) is 10.0. The van der Waals surface area contributed by atoms with Crippen molar-refractivity contribution in [2.75, 3.05) is 0 Å². The van der Waals surface area contributed by atoms with Crippen molar-refractivity contribution in [1.82, 2.24) is 9.55 Å². The smallest absolute Gasteiger partial charge is 0.108 e. The van der Waals surface area contributed by atoms with Crippen molar-refractivity contribution in [2.24, 2.45) is 13.0 Å². The Kier molecular flexibility index (Phi) is 4.45. The highest BCUT2D eigenvalue weighted by Gasteiger charge is 2.21. The fourth-order valence-electron chi connectivity index (χ4n) is 2.62. The highest BCUT2D eigenvalue weighted by atomic mass is 79.9. The maximum atomic E-state index is 4.40. The van der Waals surface area contributed by atoms with Gasteiger partial charge in [0.1, 0.15) is 5.82 Å². The van der Waals surface area contributed by atoms with Crippen LogP contribution < -0.4 is 0 Å². The van der Waals surface area contributed by atoms with Gasteiger partial charge in [-0.25, -0.2) is 4.98 Å². The van der Waals surface area contributed by atoms with Gasteiger partial charge in [0.05, 0.1) is 0 Å². The Morgan fingerprint density at radius 1 is 1.38 bits per heavy atom. The van der Waals surface area contributed by atoms with E-state index in [-0.39, 0.29) is 0 Å². The van der Waals surface area contributed by atoms with E-state index in [0.29, 0.717) is 0 Å². The number of hydrogen-bond acceptors (Lipinski definition) is 1. The van der Waals surface area contributed by atoms with Gasteiger partial charge in [-0.15, -0.1) is 0 Å². The predicted molar refractivity (Wildman–Crippen MR) is 70.8 cm³/mol. The molecule has 2 atom stereocenters. The number of alkyl halides is 1. The second-order valence-electron chi connectivity index (χ2n) is 4.91. The van der Waals surface area contributed by atoms with E-state index in [1.807, 2.05) is 12.4 Å². The molecule has 0 N–H and O–H groups in total. The molecule has 0 bridgehead atoms. The first kappa shape index (κ1) is 12.2. The summed E-state index contributed by atoms with van der Waals surface area (Å²) in [6, 6.07) is 0. The van der Waals surface area contributed by atoms with Crippen molar-refractivity contribution in [1.29, 1.82) is 0 Å². The van der Waals surface area contributed by atoms with Crippen LogP contribution in [0.5, 0.6) is 0 Å². The first-order chi connectivity index (χ1) is 7.77. The van der Waals surface area contributed by atoms with Crippen LogP contribution >= 0.6 is 15.9 Å². The van der Waals surface area contributed by atoms with Crippen LogP contribution in [0.3, 0.4) is 0 Å². The van der Waals surface area contributed by atoms with Gasteiger partial charge < -0.3 is 4.57 Å². The van der Waals surface area contributed by atoms with Crippen molar-refractivity contribution in [3.8, 4) is 0 Å². The standard InChI is InChI=1S/C13H21BrN2/c1-16-10-9-15-13(16)8-7-11-5-3-2-4-6-12(11)14/h9-12H,2-8H2,1H3. The Morgan fingerprint density at radius 3 is 2.94 bits per heavy atom. The number of aromatic nitrogens is 2. The first-order valence-electron chi connectivity index (χ1n) is 6.37. The highest BCUT2D eigenvalue weighted by Crippen LogP contribution is 2.31. The molecule has 1 fully saturated rings. The Morgan fingerprint density at radius 2 is 2.19 bits per heavy atom. The van der Waals surface area contributed by atoms with Crippen molar-refractivity contribution in [3.63, 3.8) is 0 Å². The van der Waals surface area contributed by atoms with Crippen molar-refractivity contribution in [2.45, 2.75) is 49.8 Å². The van der Waals surface area contributed by atoms with E-state index >= 15 is 0 Å². The fourth-order valence-corrected chi connectivity index (χ4v) is 3.47. The third-order valence-electron chi connectivity index (χ3n) is 3.73. The molecule has 1 aromatic rings. The summed E-state index contributed by atoms with van der Waals surface area (Å²) in [6.07, 6.45) is 13.3. The molecule has 90 valence electrons. The number of rotatable bonds is 3. The van der Waals surface area contributed by atoms with Gasteiger partial charge >= 0.3 is 0 Å². The van der Waals surface area contributed by atoms with E-state index in [4.69, 9.17) is 0 Å². The SMILES string of the molecule is Cn1ccnc1CCC1CCCCCC1Br. The molecule has 0 saturated heterocycles. The van der Waals surface area contributed by atoms with Crippen LogP contribution in [0.15, 0.2) is 12.4 Å². The van der Waals surface area contributed by atoms with Gasteiger partial charge in [0.15, 0.2) is 0 Å². The quantitative estimate of drug-likeness (QED) is 0.611. The molecule has 16 heavy (non-hydrogen) atoms. The minimum absolute atomic E-state index is 0.732. The lowest BCUT2D eigenvalue weighted by Crippen LogP contribution is -2.14. The highest BCUT2D eigenvalue weighted by molar-refractivity contribution is 9.09. The van der Waals surface area contributed by atoms with E-state index in [0.717, 1.165) is 17.2 Å². The molecule has 1 aliphatic carbocycles. The Hall–Kier alpha value is -0.310. The van der Waals surface area contributed by atoms with Crippen molar-refractivity contribution in [3.05, 3.63) is 18.2 Å². The van der Waals surface area contributed by atoms with Gasteiger partial charge in [0.25, 0.3) is 0 Å². The van der Waals surface area contributed by atoms with E-state index in [9.17, 15) is 0 Å². The lowest BCUT2D eigenvalue weighted by atomic mass is 9.95. The first-order valence-corrected chi connectivity index (χ1v) is 7.29. The van der Waals surface area contributed by atoms with Crippen LogP contribution in [0.25, 0.3) is 0 Å². The third kappa shape index (κ3) is 3.09. The summed E-state index contributed by atoms with van der Waals surface area (Å²) >= 11 is 3.86. The van der Waals surface area contributed by atoms with Crippen LogP contribution in [0, 0.1) is 5.92 Å². The number of halogens is 1. The van der Waals surface area contributed by atoms with Gasteiger partial charge in [0, 0.05) is 30.7 Å². The van der Waals surface area contributed by atoms with E-state index in [1.165, 1.54) is 44.3 Å². The molecule has 0 aliphatic heterocycles. The molecule has 1 heterocycles. The Bertz CT molecular complexity index is 321. The van der Waals surface area contributed by atoms with E-state index < -0.39 is 0 Å². The molecule has 2 rings (SSSR count). The number of nitrogens with zero attached hydrogens (tertiary/aromatic N) is 2. The number of hydrogen-bond donors (Lipinski definition) is 0. The lowest BCUT2D eigenvalue weighted by molar-refractivity contribution is 0.438. The second kappa shape index (κ2) is 5.85. The van der Waals surface area contributed by atoms with Crippen molar-refractivity contribution < 1.29 is 0 Å². The normalized spacial score (nSPS) is 26.6. The molecule has 1 saturated carbocycles. The summed E-state index contributed by atoms with van der Waals surface area (Å²) in [4.78, 5) is 5.13. The van der Waals surface area contributed by atoms with Crippen LogP contribution in [0.1, 0.15) is 44.3 Å². The van der Waals surface area contributed by atoms with Crippen LogP contribution in [-0.4, -0.2) is 14.4 Å². The minimum Gasteiger partial charge on any atom is -0.338 e. The van der Waals surface area contributed by atoms with Gasteiger partial charge in [-0.05, 0) is 25.2 Å². The molecule has 1 aliphatic rings. The van der Waals surface area contributed by atoms with Gasteiger partial charge in [-0.1, -0.05) is 35.2 Å². The largest absolute Gasteiger partial charge is 0.338 e. The predicted octanol–water partition coefficient (Wildman–Crippen LogP) is 3.70. The third-order valence-corrected chi connectivity index (χ3v) is 4.93.